The molecule has 1 aliphatic heterocycles. The van der Waals surface area contributed by atoms with Gasteiger partial charge in [-0.15, -0.1) is 0 Å². The summed E-state index contributed by atoms with van der Waals surface area (Å²) in [5, 5.41) is 4.11. The minimum Gasteiger partial charge on any atom is -0.497 e. The number of methoxy groups -OCH3 is 2. The highest BCUT2D eigenvalue weighted by atomic mass is 16.5. The lowest BCUT2D eigenvalue weighted by Crippen LogP contribution is -2.31. The summed E-state index contributed by atoms with van der Waals surface area (Å²) >= 11 is 0. The maximum atomic E-state index is 13.2. The maximum absolute atomic E-state index is 13.2. The van der Waals surface area contributed by atoms with Crippen molar-refractivity contribution in [3.8, 4) is 11.5 Å². The van der Waals surface area contributed by atoms with E-state index >= 15 is 0 Å². The highest BCUT2D eigenvalue weighted by Gasteiger charge is 2.35. The molecule has 2 heterocycles. The van der Waals surface area contributed by atoms with Crippen molar-refractivity contribution in [3.63, 3.8) is 0 Å². The molecular formula is C23H31N3O5. The van der Waals surface area contributed by atoms with Gasteiger partial charge in [0.2, 0.25) is 5.89 Å². The Morgan fingerprint density at radius 1 is 1.16 bits per heavy atom. The van der Waals surface area contributed by atoms with Crippen LogP contribution in [0.5, 0.6) is 11.5 Å². The monoisotopic (exact) mass is 429 g/mol. The van der Waals surface area contributed by atoms with E-state index in [9.17, 15) is 4.79 Å². The van der Waals surface area contributed by atoms with Crippen molar-refractivity contribution in [1.29, 1.82) is 0 Å². The third-order valence-corrected chi connectivity index (χ3v) is 6.22. The SMILES string of the molecule is COc1ccc(C(=O)N2CCCC2c2nc(CCOCC3CCCC3)no2)c(OC)c1. The van der Waals surface area contributed by atoms with Crippen LogP contribution in [0.15, 0.2) is 22.7 Å². The first kappa shape index (κ1) is 21.6. The van der Waals surface area contributed by atoms with Crippen LogP contribution in [0.2, 0.25) is 0 Å². The fraction of sp³-hybridized carbons (Fsp3) is 0.609. The van der Waals surface area contributed by atoms with E-state index in [0.29, 0.717) is 54.3 Å². The maximum Gasteiger partial charge on any atom is 0.258 e. The first-order valence-corrected chi connectivity index (χ1v) is 11.1. The van der Waals surface area contributed by atoms with Gasteiger partial charge in [-0.3, -0.25) is 4.79 Å². The van der Waals surface area contributed by atoms with E-state index < -0.39 is 0 Å². The van der Waals surface area contributed by atoms with E-state index in [4.69, 9.17) is 18.7 Å². The van der Waals surface area contributed by atoms with Gasteiger partial charge >= 0.3 is 0 Å². The number of amides is 1. The first-order valence-electron chi connectivity index (χ1n) is 11.1. The summed E-state index contributed by atoms with van der Waals surface area (Å²) in [5.74, 6) is 2.84. The van der Waals surface area contributed by atoms with Gasteiger partial charge in [-0.1, -0.05) is 18.0 Å². The van der Waals surface area contributed by atoms with E-state index in [2.05, 4.69) is 10.1 Å². The molecule has 2 fully saturated rings. The Morgan fingerprint density at radius 3 is 2.77 bits per heavy atom. The Morgan fingerprint density at radius 2 is 2.00 bits per heavy atom. The Bertz CT molecular complexity index is 878. The number of carbonyl (C=O) groups is 1. The van der Waals surface area contributed by atoms with Crippen molar-refractivity contribution in [2.24, 2.45) is 5.92 Å². The molecule has 8 nitrogen and oxygen atoms in total. The van der Waals surface area contributed by atoms with Crippen LogP contribution in [0, 0.1) is 5.92 Å². The molecule has 1 saturated carbocycles. The zero-order valence-electron chi connectivity index (χ0n) is 18.3. The molecule has 1 aromatic carbocycles. The molecule has 0 radical (unpaired) electrons. The van der Waals surface area contributed by atoms with Gasteiger partial charge in [-0.25, -0.2) is 0 Å². The van der Waals surface area contributed by atoms with E-state index in [1.54, 1.807) is 37.3 Å². The molecule has 168 valence electrons. The highest BCUT2D eigenvalue weighted by molar-refractivity contribution is 5.97. The molecule has 0 spiro atoms. The summed E-state index contributed by atoms with van der Waals surface area (Å²) in [6, 6.07) is 4.99. The second kappa shape index (κ2) is 10.1. The third-order valence-electron chi connectivity index (χ3n) is 6.22. The van der Waals surface area contributed by atoms with Crippen LogP contribution in [0.25, 0.3) is 0 Å². The summed E-state index contributed by atoms with van der Waals surface area (Å²) in [7, 11) is 3.13. The molecule has 2 aliphatic rings. The molecule has 4 rings (SSSR count). The van der Waals surface area contributed by atoms with Crippen molar-refractivity contribution in [2.75, 3.05) is 34.0 Å². The number of hydrogen-bond donors (Lipinski definition) is 0. The van der Waals surface area contributed by atoms with Gasteiger partial charge in [0.25, 0.3) is 5.91 Å². The van der Waals surface area contributed by atoms with Gasteiger partial charge in [0.15, 0.2) is 5.82 Å². The van der Waals surface area contributed by atoms with Crippen molar-refractivity contribution >= 4 is 5.91 Å². The largest absolute Gasteiger partial charge is 0.497 e. The van der Waals surface area contributed by atoms with Gasteiger partial charge in [0.1, 0.15) is 17.5 Å². The van der Waals surface area contributed by atoms with Crippen LogP contribution < -0.4 is 9.47 Å². The summed E-state index contributed by atoms with van der Waals surface area (Å²) in [4.78, 5) is 19.6. The van der Waals surface area contributed by atoms with E-state index in [0.717, 1.165) is 19.4 Å². The quantitative estimate of drug-likeness (QED) is 0.560. The molecule has 1 aromatic heterocycles. The average molecular weight is 430 g/mol. The Labute approximate surface area is 182 Å². The summed E-state index contributed by atoms with van der Waals surface area (Å²) in [5.41, 5.74) is 0.496. The van der Waals surface area contributed by atoms with Crippen LogP contribution >= 0.6 is 0 Å². The number of aromatic nitrogens is 2. The fourth-order valence-electron chi connectivity index (χ4n) is 4.49. The molecule has 31 heavy (non-hydrogen) atoms. The zero-order chi connectivity index (χ0) is 21.6. The van der Waals surface area contributed by atoms with Crippen LogP contribution in [0.1, 0.15) is 66.6 Å². The lowest BCUT2D eigenvalue weighted by Gasteiger charge is -2.23. The predicted octanol–water partition coefficient (Wildman–Crippen LogP) is 3.81. The average Bonchev–Trinajstić information content (AvgIpc) is 3.57. The fourth-order valence-corrected chi connectivity index (χ4v) is 4.49. The number of nitrogens with zero attached hydrogens (tertiary/aromatic N) is 3. The van der Waals surface area contributed by atoms with Crippen LogP contribution in [0.3, 0.4) is 0 Å². The Kier molecular flexibility index (Phi) is 7.06. The number of ether oxygens (including phenoxy) is 3. The second-order valence-electron chi connectivity index (χ2n) is 8.25. The molecule has 8 heteroatoms. The van der Waals surface area contributed by atoms with Crippen LogP contribution in [-0.2, 0) is 11.2 Å². The number of benzene rings is 1. The normalized spacial score (nSPS) is 19.2. The zero-order valence-corrected chi connectivity index (χ0v) is 18.3. The number of likely N-dealkylation sites (tertiary alicyclic amines) is 1. The molecule has 1 atom stereocenters. The van der Waals surface area contributed by atoms with Gasteiger partial charge in [0, 0.05) is 25.6 Å². The molecule has 0 N–H and O–H groups in total. The smallest absolute Gasteiger partial charge is 0.258 e. The van der Waals surface area contributed by atoms with Crippen LogP contribution in [0.4, 0.5) is 0 Å². The second-order valence-corrected chi connectivity index (χ2v) is 8.25. The topological polar surface area (TPSA) is 86.9 Å². The number of hydrogen-bond acceptors (Lipinski definition) is 7. The minimum atomic E-state index is -0.222. The van der Waals surface area contributed by atoms with E-state index in [1.807, 2.05) is 0 Å². The summed E-state index contributed by atoms with van der Waals surface area (Å²) in [6.07, 6.45) is 7.49. The number of rotatable bonds is 9. The Balaban J connectivity index is 1.37. The molecule has 1 unspecified atom stereocenters. The summed E-state index contributed by atoms with van der Waals surface area (Å²) < 4.78 is 22.0. The van der Waals surface area contributed by atoms with Crippen molar-refractivity contribution in [2.45, 2.75) is 51.0 Å². The third kappa shape index (κ3) is 5.01. The Hall–Kier alpha value is -2.61. The predicted molar refractivity (Wildman–Crippen MR) is 113 cm³/mol. The van der Waals surface area contributed by atoms with Gasteiger partial charge < -0.3 is 23.6 Å². The molecule has 1 amide bonds. The number of carbonyl (C=O) groups excluding carboxylic acids is 1. The van der Waals surface area contributed by atoms with E-state index in [-0.39, 0.29) is 11.9 Å². The van der Waals surface area contributed by atoms with Crippen molar-refractivity contribution in [1.82, 2.24) is 15.0 Å². The molecule has 1 aliphatic carbocycles. The summed E-state index contributed by atoms with van der Waals surface area (Å²) in [6.45, 7) is 2.05. The first-order chi connectivity index (χ1) is 15.2. The van der Waals surface area contributed by atoms with Gasteiger partial charge in [-0.05, 0) is 43.7 Å². The highest BCUT2D eigenvalue weighted by Crippen LogP contribution is 2.35. The lowest BCUT2D eigenvalue weighted by atomic mass is 10.1. The van der Waals surface area contributed by atoms with Crippen LogP contribution in [-0.4, -0.2) is 54.9 Å². The van der Waals surface area contributed by atoms with E-state index in [1.165, 1.54) is 25.7 Å². The lowest BCUT2D eigenvalue weighted by molar-refractivity contribution is 0.0706. The minimum absolute atomic E-state index is 0.110. The molecule has 2 aromatic rings. The van der Waals surface area contributed by atoms with Crippen molar-refractivity contribution < 1.29 is 23.5 Å². The van der Waals surface area contributed by atoms with Gasteiger partial charge in [0.05, 0.1) is 26.4 Å². The molecule has 0 bridgehead atoms. The standard InChI is InChI=1S/C23H31N3O5/c1-28-17-9-10-18(20(14-17)29-2)23(27)26-12-5-8-19(26)22-24-21(25-31-22)11-13-30-15-16-6-3-4-7-16/h9-10,14,16,19H,3-8,11-13,15H2,1-2H3. The molecule has 1 saturated heterocycles. The molecular weight excluding hydrogens is 398 g/mol. The van der Waals surface area contributed by atoms with Crippen molar-refractivity contribution in [3.05, 3.63) is 35.5 Å². The van der Waals surface area contributed by atoms with Gasteiger partial charge in [-0.2, -0.15) is 4.98 Å².